The summed E-state index contributed by atoms with van der Waals surface area (Å²) in [5, 5.41) is 8.77. The lowest BCUT2D eigenvalue weighted by atomic mass is 9.92. The van der Waals surface area contributed by atoms with Crippen molar-refractivity contribution in [2.75, 3.05) is 6.61 Å². The van der Waals surface area contributed by atoms with Gasteiger partial charge in [0.2, 0.25) is 0 Å². The summed E-state index contributed by atoms with van der Waals surface area (Å²) in [6.45, 7) is 4.19. The molecule has 0 saturated carbocycles. The van der Waals surface area contributed by atoms with Crippen LogP contribution in [0.2, 0.25) is 0 Å². The predicted molar refractivity (Wildman–Crippen MR) is 113 cm³/mol. The lowest BCUT2D eigenvalue weighted by molar-refractivity contribution is -0.288. The molecule has 1 aromatic heterocycles. The zero-order valence-corrected chi connectivity index (χ0v) is 17.7. The van der Waals surface area contributed by atoms with E-state index < -0.39 is 17.9 Å². The van der Waals surface area contributed by atoms with Crippen LogP contribution in [0, 0.1) is 11.7 Å². The minimum Gasteiger partial charge on any atom is -0.483 e. The number of aliphatic carboxylic acids is 1. The predicted octanol–water partition coefficient (Wildman–Crippen LogP) is 4.92. The van der Waals surface area contributed by atoms with E-state index in [0.717, 1.165) is 5.56 Å². The van der Waals surface area contributed by atoms with Gasteiger partial charge in [0.15, 0.2) is 11.9 Å². The fourth-order valence-electron chi connectivity index (χ4n) is 3.48. The van der Waals surface area contributed by atoms with Gasteiger partial charge >= 0.3 is 5.97 Å². The van der Waals surface area contributed by atoms with Gasteiger partial charge in [0, 0.05) is 24.7 Å². The Balaban J connectivity index is 1.70. The Labute approximate surface area is 181 Å². The number of pyridine rings is 1. The second-order valence-corrected chi connectivity index (χ2v) is 8.07. The molecule has 1 saturated heterocycles. The van der Waals surface area contributed by atoms with Crippen LogP contribution in [0.5, 0.6) is 5.75 Å². The van der Waals surface area contributed by atoms with Crippen LogP contribution >= 0.6 is 0 Å². The largest absolute Gasteiger partial charge is 0.483 e. The minimum atomic E-state index is -0.819. The summed E-state index contributed by atoms with van der Waals surface area (Å²) in [6, 6.07) is 9.67. The molecule has 1 aliphatic heterocycles. The fraction of sp³-hybridized carbons (Fsp3) is 0.417. The SMILES string of the molecule is CC(C)(Oc1ccc(F)cc1)C1OCC(C/C=C\CCC(=O)O)C(c2cccnc2)O1. The topological polar surface area (TPSA) is 77.9 Å². The quantitative estimate of drug-likeness (QED) is 0.570. The van der Waals surface area contributed by atoms with Gasteiger partial charge in [-0.15, -0.1) is 0 Å². The zero-order valence-electron chi connectivity index (χ0n) is 17.7. The Morgan fingerprint density at radius 2 is 2.06 bits per heavy atom. The molecule has 0 spiro atoms. The molecule has 1 aromatic carbocycles. The molecule has 31 heavy (non-hydrogen) atoms. The van der Waals surface area contributed by atoms with E-state index in [1.165, 1.54) is 12.1 Å². The average Bonchev–Trinajstić information content (AvgIpc) is 2.75. The van der Waals surface area contributed by atoms with E-state index in [0.29, 0.717) is 25.2 Å². The number of allylic oxidation sites excluding steroid dienone is 2. The molecule has 7 heteroatoms. The van der Waals surface area contributed by atoms with Crippen molar-refractivity contribution in [2.45, 2.75) is 51.1 Å². The molecule has 0 aliphatic carbocycles. The second kappa shape index (κ2) is 10.5. The molecule has 0 bridgehead atoms. The number of rotatable bonds is 9. The van der Waals surface area contributed by atoms with Gasteiger partial charge in [0.1, 0.15) is 11.6 Å². The first kappa shape index (κ1) is 22.9. The Bertz CT molecular complexity index is 869. The Morgan fingerprint density at radius 1 is 1.29 bits per heavy atom. The summed E-state index contributed by atoms with van der Waals surface area (Å²) in [5.41, 5.74) is 0.123. The molecule has 166 valence electrons. The van der Waals surface area contributed by atoms with Gasteiger partial charge in [-0.25, -0.2) is 4.39 Å². The maximum atomic E-state index is 13.2. The standard InChI is InChI=1S/C24H28FNO5/c1-24(2,31-20-12-10-19(25)11-13-20)23-29-16-18(7-4-3-5-9-21(27)28)22(30-23)17-8-6-14-26-15-17/h3-4,6,8,10-15,18,22-23H,5,7,9,16H2,1-2H3,(H,27,28)/b4-3-. The molecular weight excluding hydrogens is 401 g/mol. The normalized spacial score (nSPS) is 21.8. The molecule has 3 rings (SSSR count). The van der Waals surface area contributed by atoms with Gasteiger partial charge in [0.25, 0.3) is 0 Å². The Hall–Kier alpha value is -2.77. The van der Waals surface area contributed by atoms with Crippen molar-refractivity contribution >= 4 is 5.97 Å². The monoisotopic (exact) mass is 429 g/mol. The van der Waals surface area contributed by atoms with E-state index in [-0.39, 0.29) is 24.3 Å². The number of aromatic nitrogens is 1. The number of carbonyl (C=O) groups is 1. The summed E-state index contributed by atoms with van der Waals surface area (Å²) in [6.07, 6.45) is 7.73. The van der Waals surface area contributed by atoms with Crippen molar-refractivity contribution in [3.63, 3.8) is 0 Å². The van der Waals surface area contributed by atoms with Crippen molar-refractivity contribution < 1.29 is 28.5 Å². The van der Waals surface area contributed by atoms with E-state index >= 15 is 0 Å². The van der Waals surface area contributed by atoms with Crippen LogP contribution in [0.4, 0.5) is 4.39 Å². The van der Waals surface area contributed by atoms with Gasteiger partial charge in [0.05, 0.1) is 12.7 Å². The first-order valence-electron chi connectivity index (χ1n) is 10.3. The first-order valence-corrected chi connectivity index (χ1v) is 10.3. The van der Waals surface area contributed by atoms with E-state index in [4.69, 9.17) is 19.3 Å². The number of hydrogen-bond donors (Lipinski definition) is 1. The number of benzene rings is 1. The summed E-state index contributed by atoms with van der Waals surface area (Å²) >= 11 is 0. The molecule has 3 atom stereocenters. The molecule has 1 aliphatic rings. The highest BCUT2D eigenvalue weighted by molar-refractivity contribution is 5.66. The molecule has 1 fully saturated rings. The third-order valence-corrected chi connectivity index (χ3v) is 5.07. The molecular formula is C24H28FNO5. The number of carboxylic acid groups (broad SMARTS) is 1. The summed E-state index contributed by atoms with van der Waals surface area (Å²) in [4.78, 5) is 14.9. The van der Waals surface area contributed by atoms with Crippen LogP contribution in [0.1, 0.15) is 44.8 Å². The van der Waals surface area contributed by atoms with E-state index in [2.05, 4.69) is 4.98 Å². The van der Waals surface area contributed by atoms with Crippen molar-refractivity contribution in [1.29, 1.82) is 0 Å². The highest BCUT2D eigenvalue weighted by atomic mass is 19.1. The molecule has 1 N–H and O–H groups in total. The van der Waals surface area contributed by atoms with Crippen LogP contribution < -0.4 is 4.74 Å². The van der Waals surface area contributed by atoms with Crippen LogP contribution in [0.15, 0.2) is 60.9 Å². The van der Waals surface area contributed by atoms with Crippen molar-refractivity contribution in [3.05, 3.63) is 72.3 Å². The molecule has 6 nitrogen and oxygen atoms in total. The fourth-order valence-corrected chi connectivity index (χ4v) is 3.48. The zero-order chi connectivity index (χ0) is 22.3. The smallest absolute Gasteiger partial charge is 0.303 e. The van der Waals surface area contributed by atoms with E-state index in [9.17, 15) is 9.18 Å². The van der Waals surface area contributed by atoms with Crippen LogP contribution in [-0.4, -0.2) is 34.6 Å². The van der Waals surface area contributed by atoms with E-state index in [1.54, 1.807) is 24.5 Å². The van der Waals surface area contributed by atoms with Crippen LogP contribution in [0.25, 0.3) is 0 Å². The van der Waals surface area contributed by atoms with Gasteiger partial charge in [-0.05, 0) is 62.6 Å². The highest BCUT2D eigenvalue weighted by Gasteiger charge is 2.42. The van der Waals surface area contributed by atoms with Crippen molar-refractivity contribution in [3.8, 4) is 5.75 Å². The van der Waals surface area contributed by atoms with Gasteiger partial charge in [-0.1, -0.05) is 18.2 Å². The molecule has 0 radical (unpaired) electrons. The number of nitrogens with zero attached hydrogens (tertiary/aromatic N) is 1. The third kappa shape index (κ3) is 6.60. The average molecular weight is 429 g/mol. The summed E-state index contributed by atoms with van der Waals surface area (Å²) in [7, 11) is 0. The molecule has 0 amide bonds. The highest BCUT2D eigenvalue weighted by Crippen LogP contribution is 2.38. The number of hydrogen-bond acceptors (Lipinski definition) is 5. The Morgan fingerprint density at radius 3 is 2.74 bits per heavy atom. The lowest BCUT2D eigenvalue weighted by Gasteiger charge is -2.42. The van der Waals surface area contributed by atoms with Crippen LogP contribution in [0.3, 0.4) is 0 Å². The minimum absolute atomic E-state index is 0.0446. The second-order valence-electron chi connectivity index (χ2n) is 8.07. The maximum absolute atomic E-state index is 13.2. The van der Waals surface area contributed by atoms with Crippen LogP contribution in [-0.2, 0) is 14.3 Å². The van der Waals surface area contributed by atoms with Gasteiger partial charge in [-0.3, -0.25) is 9.78 Å². The number of halogens is 1. The van der Waals surface area contributed by atoms with Crippen molar-refractivity contribution in [2.24, 2.45) is 5.92 Å². The molecule has 2 aromatic rings. The van der Waals surface area contributed by atoms with E-state index in [1.807, 2.05) is 38.1 Å². The summed E-state index contributed by atoms with van der Waals surface area (Å²) in [5.74, 6) is -0.567. The molecule has 2 heterocycles. The van der Waals surface area contributed by atoms with Crippen molar-refractivity contribution in [1.82, 2.24) is 4.98 Å². The third-order valence-electron chi connectivity index (χ3n) is 5.07. The van der Waals surface area contributed by atoms with Gasteiger partial charge < -0.3 is 19.3 Å². The maximum Gasteiger partial charge on any atom is 0.303 e. The number of carboxylic acids is 1. The summed E-state index contributed by atoms with van der Waals surface area (Å²) < 4.78 is 31.6. The molecule has 3 unspecified atom stereocenters. The lowest BCUT2D eigenvalue weighted by Crippen LogP contribution is -2.50. The first-order chi connectivity index (χ1) is 14.8. The Kier molecular flexibility index (Phi) is 7.76. The number of ether oxygens (including phenoxy) is 3. The van der Waals surface area contributed by atoms with Gasteiger partial charge in [-0.2, -0.15) is 0 Å².